The van der Waals surface area contributed by atoms with Crippen LogP contribution in [0, 0.1) is 0 Å². The van der Waals surface area contributed by atoms with Crippen LogP contribution in [0.3, 0.4) is 0 Å². The number of hydrogen-bond donors (Lipinski definition) is 0. The molecule has 0 unspecified atom stereocenters. The molecule has 4 heteroatoms. The first kappa shape index (κ1) is 24.6. The Balaban J connectivity index is 1.54. The topological polar surface area (TPSA) is 44.0 Å². The Morgan fingerprint density at radius 1 is 0.273 bits per heavy atom. The lowest BCUT2D eigenvalue weighted by Crippen LogP contribution is -2.22. The third-order valence-electron chi connectivity index (χ3n) is 8.91. The van der Waals surface area contributed by atoms with E-state index in [0.717, 1.165) is 65.5 Å². The van der Waals surface area contributed by atoms with Gasteiger partial charge in [0.25, 0.3) is 11.1 Å². The third-order valence-corrected chi connectivity index (χ3v) is 8.91. The second-order valence-electron chi connectivity index (χ2n) is 11.2. The molecule has 0 atom stereocenters. The largest absolute Gasteiger partial charge is 0.275 e. The Bertz CT molecular complexity index is 2520. The smallest absolute Gasteiger partial charge is 0.263 e. The van der Waals surface area contributed by atoms with E-state index in [2.05, 4.69) is 36.4 Å². The summed E-state index contributed by atoms with van der Waals surface area (Å²) in [7, 11) is 0. The highest BCUT2D eigenvalue weighted by Crippen LogP contribution is 2.40. The summed E-state index contributed by atoms with van der Waals surface area (Å²) in [5, 5.41) is 8.81. The fourth-order valence-electron chi connectivity index (χ4n) is 7.07. The van der Waals surface area contributed by atoms with Gasteiger partial charge in [0.05, 0.1) is 22.4 Å². The van der Waals surface area contributed by atoms with Gasteiger partial charge in [-0.3, -0.25) is 18.7 Å². The van der Waals surface area contributed by atoms with E-state index < -0.39 is 0 Å². The molecule has 0 N–H and O–H groups in total. The van der Waals surface area contributed by atoms with E-state index in [9.17, 15) is 9.59 Å². The van der Waals surface area contributed by atoms with E-state index in [1.807, 2.05) is 118 Å². The zero-order valence-electron chi connectivity index (χ0n) is 23.6. The van der Waals surface area contributed by atoms with Gasteiger partial charge in [0, 0.05) is 43.1 Å². The minimum absolute atomic E-state index is 0.0734. The van der Waals surface area contributed by atoms with Crippen molar-refractivity contribution in [1.82, 2.24) is 9.13 Å². The van der Waals surface area contributed by atoms with Crippen molar-refractivity contribution in [3.8, 4) is 11.4 Å². The van der Waals surface area contributed by atoms with Crippen LogP contribution in [0.4, 0.5) is 0 Å². The Morgan fingerprint density at radius 3 is 0.864 bits per heavy atom. The zero-order chi connectivity index (χ0) is 29.4. The third kappa shape index (κ3) is 3.28. The summed E-state index contributed by atoms with van der Waals surface area (Å²) in [5.41, 5.74) is 3.15. The summed E-state index contributed by atoms with van der Waals surface area (Å²) in [6.45, 7) is 0. The number of rotatable bonds is 2. The van der Waals surface area contributed by atoms with Gasteiger partial charge in [-0.1, -0.05) is 121 Å². The highest BCUT2D eigenvalue weighted by Gasteiger charge is 2.22. The minimum Gasteiger partial charge on any atom is -0.275 e. The van der Waals surface area contributed by atoms with Crippen molar-refractivity contribution in [2.45, 2.75) is 0 Å². The fraction of sp³-hybridized carbons (Fsp3) is 0. The van der Waals surface area contributed by atoms with Crippen molar-refractivity contribution in [1.29, 1.82) is 0 Å². The predicted octanol–water partition coefficient (Wildman–Crippen LogP) is 8.91. The van der Waals surface area contributed by atoms with Crippen molar-refractivity contribution in [2.75, 3.05) is 0 Å². The van der Waals surface area contributed by atoms with Crippen LogP contribution in [0.15, 0.2) is 155 Å². The molecule has 7 aromatic carbocycles. The second-order valence-corrected chi connectivity index (χ2v) is 11.2. The summed E-state index contributed by atoms with van der Waals surface area (Å²) in [4.78, 5) is 28.9. The van der Waals surface area contributed by atoms with Gasteiger partial charge in [0.1, 0.15) is 0 Å². The van der Waals surface area contributed by atoms with E-state index >= 15 is 0 Å². The molecule has 0 radical (unpaired) electrons. The molecule has 2 heterocycles. The molecule has 2 aromatic heterocycles. The number of para-hydroxylation sites is 2. The number of hydrogen-bond acceptors (Lipinski definition) is 2. The van der Waals surface area contributed by atoms with Crippen LogP contribution in [0.5, 0.6) is 0 Å². The summed E-state index contributed by atoms with van der Waals surface area (Å²) in [5.74, 6) is 0. The van der Waals surface area contributed by atoms with Gasteiger partial charge in [0.2, 0.25) is 0 Å². The molecule has 0 spiro atoms. The predicted molar refractivity (Wildman–Crippen MR) is 183 cm³/mol. The molecule has 0 aliphatic heterocycles. The van der Waals surface area contributed by atoms with Crippen LogP contribution < -0.4 is 11.1 Å². The molecule has 4 nitrogen and oxygen atoms in total. The molecular formula is C40H24N2O2. The number of aromatic nitrogens is 2. The average Bonchev–Trinajstić information content (AvgIpc) is 3.09. The first-order chi connectivity index (χ1) is 21.7. The fourth-order valence-corrected chi connectivity index (χ4v) is 7.07. The zero-order valence-corrected chi connectivity index (χ0v) is 23.6. The quantitative estimate of drug-likeness (QED) is 0.155. The van der Waals surface area contributed by atoms with Crippen molar-refractivity contribution < 1.29 is 0 Å². The maximum absolute atomic E-state index is 14.5. The Hall–Kier alpha value is -6.00. The SMILES string of the molecule is O=c1c2ccccc2c2ccccc2n1-c1c2ccccc2c(-n2c(=O)c3ccccc3c3ccccc32)c2ccccc12. The van der Waals surface area contributed by atoms with Crippen LogP contribution in [0.1, 0.15) is 0 Å². The van der Waals surface area contributed by atoms with Crippen molar-refractivity contribution in [3.63, 3.8) is 0 Å². The Kier molecular flexibility index (Phi) is 5.17. The van der Waals surface area contributed by atoms with E-state index in [1.54, 1.807) is 0 Å². The lowest BCUT2D eigenvalue weighted by atomic mass is 9.96. The first-order valence-electron chi connectivity index (χ1n) is 14.7. The van der Waals surface area contributed by atoms with E-state index in [-0.39, 0.29) is 11.1 Å². The molecule has 0 aliphatic carbocycles. The van der Waals surface area contributed by atoms with Gasteiger partial charge in [-0.15, -0.1) is 0 Å². The Morgan fingerprint density at radius 2 is 0.523 bits per heavy atom. The molecular weight excluding hydrogens is 540 g/mol. The summed E-state index contributed by atoms with van der Waals surface area (Å²) in [6.07, 6.45) is 0. The molecule has 0 saturated carbocycles. The molecule has 206 valence electrons. The molecule has 0 saturated heterocycles. The van der Waals surface area contributed by atoms with Crippen LogP contribution in [0.2, 0.25) is 0 Å². The van der Waals surface area contributed by atoms with E-state index in [4.69, 9.17) is 0 Å². The van der Waals surface area contributed by atoms with Gasteiger partial charge < -0.3 is 0 Å². The highest BCUT2D eigenvalue weighted by molar-refractivity contribution is 6.17. The minimum atomic E-state index is -0.0734. The van der Waals surface area contributed by atoms with Gasteiger partial charge in [-0.25, -0.2) is 0 Å². The second kappa shape index (κ2) is 9.25. The maximum atomic E-state index is 14.5. The molecule has 0 amide bonds. The molecule has 0 aliphatic rings. The molecule has 9 aromatic rings. The van der Waals surface area contributed by atoms with Crippen LogP contribution >= 0.6 is 0 Å². The molecule has 0 bridgehead atoms. The average molecular weight is 565 g/mol. The molecule has 9 rings (SSSR count). The molecule has 44 heavy (non-hydrogen) atoms. The van der Waals surface area contributed by atoms with Crippen LogP contribution in [0.25, 0.3) is 76.3 Å². The lowest BCUT2D eigenvalue weighted by molar-refractivity contribution is 1.07. The monoisotopic (exact) mass is 564 g/mol. The van der Waals surface area contributed by atoms with Gasteiger partial charge in [0.15, 0.2) is 0 Å². The summed E-state index contributed by atoms with van der Waals surface area (Å²) >= 11 is 0. The summed E-state index contributed by atoms with van der Waals surface area (Å²) in [6, 6.07) is 48.0. The first-order valence-corrected chi connectivity index (χ1v) is 14.7. The number of benzene rings is 7. The van der Waals surface area contributed by atoms with E-state index in [1.165, 1.54) is 0 Å². The standard InChI is InChI=1S/C40H24N2O2/c43-39-33-21-7-1-13-25(33)27-15-9-11-23-35(27)41(39)37-29-17-3-5-19-31(29)38(32-20-6-4-18-30(32)37)42-36-24-12-10-16-28(36)26-14-2-8-22-34(26)40(42)44/h1-24H. The van der Waals surface area contributed by atoms with Crippen molar-refractivity contribution >= 4 is 64.9 Å². The maximum Gasteiger partial charge on any atom is 0.263 e. The van der Waals surface area contributed by atoms with Crippen molar-refractivity contribution in [3.05, 3.63) is 166 Å². The van der Waals surface area contributed by atoms with Crippen LogP contribution in [-0.2, 0) is 0 Å². The highest BCUT2D eigenvalue weighted by atomic mass is 16.1. The Labute approximate surface area is 251 Å². The van der Waals surface area contributed by atoms with Crippen molar-refractivity contribution in [2.24, 2.45) is 0 Å². The lowest BCUT2D eigenvalue weighted by Gasteiger charge is -2.22. The van der Waals surface area contributed by atoms with E-state index in [0.29, 0.717) is 10.8 Å². The normalized spacial score (nSPS) is 11.8. The van der Waals surface area contributed by atoms with Gasteiger partial charge in [-0.2, -0.15) is 0 Å². The summed E-state index contributed by atoms with van der Waals surface area (Å²) < 4.78 is 3.74. The molecule has 0 fully saturated rings. The van der Waals surface area contributed by atoms with Gasteiger partial charge >= 0.3 is 0 Å². The van der Waals surface area contributed by atoms with Gasteiger partial charge in [-0.05, 0) is 35.0 Å². The number of fused-ring (bicyclic) bond motifs is 8. The number of pyridine rings is 2. The number of nitrogens with zero attached hydrogens (tertiary/aromatic N) is 2. The van der Waals surface area contributed by atoms with Crippen LogP contribution in [-0.4, -0.2) is 9.13 Å².